The van der Waals surface area contributed by atoms with Crippen molar-refractivity contribution in [2.45, 2.75) is 19.4 Å². The molecule has 1 aliphatic rings. The van der Waals surface area contributed by atoms with Gasteiger partial charge in [-0.15, -0.1) is 0 Å². The van der Waals surface area contributed by atoms with E-state index >= 15 is 0 Å². The van der Waals surface area contributed by atoms with E-state index in [4.69, 9.17) is 10.9 Å². The van der Waals surface area contributed by atoms with Crippen molar-refractivity contribution >= 4 is 11.5 Å². The van der Waals surface area contributed by atoms with Gasteiger partial charge in [0.15, 0.2) is 5.84 Å². The van der Waals surface area contributed by atoms with Gasteiger partial charge in [-0.25, -0.2) is 0 Å². The van der Waals surface area contributed by atoms with E-state index in [0.717, 1.165) is 18.7 Å². The zero-order valence-corrected chi connectivity index (χ0v) is 10.3. The fourth-order valence-electron chi connectivity index (χ4n) is 2.06. The van der Waals surface area contributed by atoms with Crippen LogP contribution in [0, 0.1) is 5.92 Å². The van der Waals surface area contributed by atoms with Crippen molar-refractivity contribution in [1.29, 1.82) is 0 Å². The summed E-state index contributed by atoms with van der Waals surface area (Å²) in [5.41, 5.74) is 6.82. The molecule has 1 aromatic heterocycles. The van der Waals surface area contributed by atoms with Crippen LogP contribution in [0.5, 0.6) is 0 Å². The Kier molecular flexibility index (Phi) is 3.66. The Hall–Kier alpha value is -1.82. The van der Waals surface area contributed by atoms with Crippen LogP contribution in [-0.2, 0) is 0 Å². The lowest BCUT2D eigenvalue weighted by molar-refractivity contribution is 0.103. The smallest absolute Gasteiger partial charge is 0.188 e. The molecule has 0 bridgehead atoms. The van der Waals surface area contributed by atoms with Crippen LogP contribution in [0.2, 0.25) is 0 Å². The third-order valence-corrected chi connectivity index (χ3v) is 3.40. The highest BCUT2D eigenvalue weighted by atomic mass is 16.4. The minimum atomic E-state index is -0.303. The van der Waals surface area contributed by atoms with E-state index in [1.807, 2.05) is 6.07 Å². The summed E-state index contributed by atoms with van der Waals surface area (Å²) in [6.45, 7) is 3.58. The van der Waals surface area contributed by atoms with Crippen LogP contribution in [0.25, 0.3) is 0 Å². The Bertz CT molecular complexity index is 432. The van der Waals surface area contributed by atoms with E-state index in [9.17, 15) is 5.11 Å². The summed E-state index contributed by atoms with van der Waals surface area (Å²) in [5, 5.41) is 21.3. The molecule has 18 heavy (non-hydrogen) atoms. The fourth-order valence-corrected chi connectivity index (χ4v) is 2.06. The van der Waals surface area contributed by atoms with Crippen molar-refractivity contribution < 1.29 is 10.3 Å². The number of aliphatic hydroxyl groups is 1. The summed E-state index contributed by atoms with van der Waals surface area (Å²) in [7, 11) is 0. The number of hydrogen-bond acceptors (Lipinski definition) is 5. The third-order valence-electron chi connectivity index (χ3n) is 3.40. The molecule has 2 rings (SSSR count). The first-order chi connectivity index (χ1) is 8.61. The van der Waals surface area contributed by atoms with Crippen LogP contribution >= 0.6 is 0 Å². The van der Waals surface area contributed by atoms with Gasteiger partial charge in [0, 0.05) is 13.1 Å². The quantitative estimate of drug-likeness (QED) is 0.305. The molecule has 0 saturated carbocycles. The molecular weight excluding hydrogens is 232 g/mol. The maximum atomic E-state index is 9.86. The molecule has 0 aliphatic carbocycles. The van der Waals surface area contributed by atoms with Crippen molar-refractivity contribution in [3.63, 3.8) is 0 Å². The number of amidine groups is 1. The van der Waals surface area contributed by atoms with Crippen LogP contribution in [0.3, 0.4) is 0 Å². The molecule has 0 radical (unpaired) electrons. The maximum absolute atomic E-state index is 9.86. The van der Waals surface area contributed by atoms with Crippen molar-refractivity contribution in [2.24, 2.45) is 16.8 Å². The van der Waals surface area contributed by atoms with E-state index < -0.39 is 0 Å². The molecule has 0 spiro atoms. The molecule has 0 amide bonds. The summed E-state index contributed by atoms with van der Waals surface area (Å²) in [6, 6.07) is 3.57. The number of pyridine rings is 1. The Morgan fingerprint density at radius 1 is 1.56 bits per heavy atom. The van der Waals surface area contributed by atoms with Crippen LogP contribution < -0.4 is 10.6 Å². The molecule has 1 saturated heterocycles. The predicted octanol–water partition coefficient (Wildman–Crippen LogP) is 0.383. The zero-order chi connectivity index (χ0) is 13.1. The second-order valence-corrected chi connectivity index (χ2v) is 4.67. The number of hydrogen-bond donors (Lipinski definition) is 3. The van der Waals surface area contributed by atoms with Crippen molar-refractivity contribution in [1.82, 2.24) is 4.98 Å². The largest absolute Gasteiger partial charge is 0.409 e. The highest BCUT2D eigenvalue weighted by molar-refractivity contribution is 5.95. The molecule has 2 unspecified atom stereocenters. The number of piperidine rings is 1. The fraction of sp³-hybridized carbons (Fsp3) is 0.500. The summed E-state index contributed by atoms with van der Waals surface area (Å²) >= 11 is 0. The molecule has 1 aliphatic heterocycles. The number of anilines is 1. The Morgan fingerprint density at radius 3 is 2.89 bits per heavy atom. The summed E-state index contributed by atoms with van der Waals surface area (Å²) in [4.78, 5) is 6.22. The van der Waals surface area contributed by atoms with Crippen LogP contribution in [0.4, 0.5) is 5.69 Å². The van der Waals surface area contributed by atoms with Gasteiger partial charge in [0.25, 0.3) is 0 Å². The van der Waals surface area contributed by atoms with Gasteiger partial charge in [-0.1, -0.05) is 12.1 Å². The third kappa shape index (κ3) is 2.53. The normalized spacial score (nSPS) is 25.2. The number of nitrogens with zero attached hydrogens (tertiary/aromatic N) is 3. The maximum Gasteiger partial charge on any atom is 0.188 e. The Labute approximate surface area is 106 Å². The molecule has 2 heterocycles. The number of nitrogens with two attached hydrogens (primary N) is 1. The summed E-state index contributed by atoms with van der Waals surface area (Å²) in [6.07, 6.45) is 2.33. The van der Waals surface area contributed by atoms with Crippen LogP contribution in [0.15, 0.2) is 23.5 Å². The monoisotopic (exact) mass is 250 g/mol. The van der Waals surface area contributed by atoms with E-state index in [-0.39, 0.29) is 11.9 Å². The van der Waals surface area contributed by atoms with E-state index in [1.165, 1.54) is 0 Å². The molecule has 98 valence electrons. The topological polar surface area (TPSA) is 95.0 Å². The van der Waals surface area contributed by atoms with Crippen molar-refractivity contribution in [2.75, 3.05) is 18.0 Å². The number of aromatic nitrogens is 1. The summed E-state index contributed by atoms with van der Waals surface area (Å²) in [5.74, 6) is 0.333. The molecule has 4 N–H and O–H groups in total. The van der Waals surface area contributed by atoms with Crippen LogP contribution in [0.1, 0.15) is 19.0 Å². The van der Waals surface area contributed by atoms with Crippen molar-refractivity contribution in [3.05, 3.63) is 24.0 Å². The predicted molar refractivity (Wildman–Crippen MR) is 68.7 cm³/mol. The van der Waals surface area contributed by atoms with Crippen molar-refractivity contribution in [3.8, 4) is 0 Å². The molecule has 6 nitrogen and oxygen atoms in total. The molecule has 1 aromatic rings. The minimum absolute atomic E-state index is 0.00569. The van der Waals surface area contributed by atoms with Gasteiger partial charge in [-0.2, -0.15) is 0 Å². The van der Waals surface area contributed by atoms with Gasteiger partial charge in [0.2, 0.25) is 0 Å². The Balaban J connectivity index is 2.10. The molecule has 1 fully saturated rings. The first-order valence-electron chi connectivity index (χ1n) is 5.98. The van der Waals surface area contributed by atoms with Gasteiger partial charge in [0.05, 0.1) is 18.0 Å². The second-order valence-electron chi connectivity index (χ2n) is 4.67. The first kappa shape index (κ1) is 12.6. The average molecular weight is 250 g/mol. The highest BCUT2D eigenvalue weighted by Gasteiger charge is 2.24. The second kappa shape index (κ2) is 5.22. The lowest BCUT2D eigenvalue weighted by Gasteiger charge is -2.35. The van der Waals surface area contributed by atoms with Gasteiger partial charge in [-0.3, -0.25) is 4.98 Å². The SMILES string of the molecule is CC1CCN(c2ccc(/C(N)=N/O)nc2)CC1O. The standard InChI is InChI=1S/C12H18N4O2/c1-8-4-5-16(7-11(8)17)9-2-3-10(14-6-9)12(13)15-18/h2-3,6,8,11,17-18H,4-5,7H2,1H3,(H2,13,15). The number of rotatable bonds is 2. The van der Waals surface area contributed by atoms with Gasteiger partial charge in [0.1, 0.15) is 5.69 Å². The van der Waals surface area contributed by atoms with E-state index in [0.29, 0.717) is 18.2 Å². The molecule has 2 atom stereocenters. The molecular formula is C12H18N4O2. The zero-order valence-electron chi connectivity index (χ0n) is 10.3. The number of β-amino-alcohol motifs (C(OH)–C–C–N with tert-alkyl or cyclic N) is 1. The van der Waals surface area contributed by atoms with E-state index in [1.54, 1.807) is 12.3 Å². The lowest BCUT2D eigenvalue weighted by Crippen LogP contribution is -2.42. The number of aliphatic hydroxyl groups excluding tert-OH is 1. The first-order valence-corrected chi connectivity index (χ1v) is 5.98. The lowest BCUT2D eigenvalue weighted by atomic mass is 9.96. The highest BCUT2D eigenvalue weighted by Crippen LogP contribution is 2.22. The van der Waals surface area contributed by atoms with Gasteiger partial charge in [-0.05, 0) is 24.5 Å². The van der Waals surface area contributed by atoms with Gasteiger partial charge >= 0.3 is 0 Å². The minimum Gasteiger partial charge on any atom is -0.409 e. The summed E-state index contributed by atoms with van der Waals surface area (Å²) < 4.78 is 0. The van der Waals surface area contributed by atoms with Crippen LogP contribution in [-0.4, -0.2) is 40.3 Å². The Morgan fingerprint density at radius 2 is 2.33 bits per heavy atom. The molecule has 0 aromatic carbocycles. The average Bonchev–Trinajstić information content (AvgIpc) is 2.41. The molecule has 6 heteroatoms. The number of oxime groups is 1. The van der Waals surface area contributed by atoms with Gasteiger partial charge < -0.3 is 20.9 Å². The van der Waals surface area contributed by atoms with E-state index in [2.05, 4.69) is 22.0 Å².